The maximum atomic E-state index is 12.8. The summed E-state index contributed by atoms with van der Waals surface area (Å²) in [4.78, 5) is 15.5. The van der Waals surface area contributed by atoms with Gasteiger partial charge in [0.2, 0.25) is 16.1 Å². The van der Waals surface area contributed by atoms with Crippen molar-refractivity contribution in [3.8, 4) is 0 Å². The van der Waals surface area contributed by atoms with Crippen LogP contribution >= 0.6 is 0 Å². The lowest BCUT2D eigenvalue weighted by Crippen LogP contribution is -2.59. The summed E-state index contributed by atoms with van der Waals surface area (Å²) in [5, 5.41) is 8.84. The summed E-state index contributed by atoms with van der Waals surface area (Å²) in [5.41, 5.74) is -0.766. The summed E-state index contributed by atoms with van der Waals surface area (Å²) in [6.45, 7) is 2.28. The van der Waals surface area contributed by atoms with Gasteiger partial charge < -0.3 is 24.4 Å². The first kappa shape index (κ1) is 25.5. The average molecular weight is 488 g/mol. The Morgan fingerprint density at radius 1 is 1.12 bits per heavy atom. The average Bonchev–Trinajstić information content (AvgIpc) is 3.25. The van der Waals surface area contributed by atoms with Crippen LogP contribution in [0.2, 0.25) is 0 Å². The number of rotatable bonds is 7. The van der Waals surface area contributed by atoms with Gasteiger partial charge in [0.1, 0.15) is 0 Å². The van der Waals surface area contributed by atoms with Gasteiger partial charge in [-0.2, -0.15) is 17.5 Å². The van der Waals surface area contributed by atoms with E-state index in [9.17, 15) is 26.4 Å². The molecule has 0 unspecified atom stereocenters. The number of aliphatic hydroxyl groups is 1. The summed E-state index contributed by atoms with van der Waals surface area (Å²) in [6.07, 6.45) is -5.12. The Morgan fingerprint density at radius 3 is 2.38 bits per heavy atom. The van der Waals surface area contributed by atoms with E-state index >= 15 is 0 Å². The van der Waals surface area contributed by atoms with Crippen LogP contribution in [-0.2, 0) is 19.5 Å². The number of hydrogen-bond donors (Lipinski definition) is 1. The van der Waals surface area contributed by atoms with E-state index in [0.717, 1.165) is 37.4 Å². The molecule has 1 spiro atoms. The highest BCUT2D eigenvalue weighted by atomic mass is 32.2. The standard InChI is InChI=1S/C19H32F3N3O6S/c20-19(21,22)16(14-26)31-17(27)24-9-4-18(5-10-24)15-25(11-12-30-18)32(28,29)13-3-8-23-6-1-2-7-23/h16,26H,1-15H2/t16-/m1/s1. The van der Waals surface area contributed by atoms with E-state index in [4.69, 9.17) is 9.84 Å². The molecular formula is C19H32F3N3O6S. The molecule has 0 aliphatic carbocycles. The summed E-state index contributed by atoms with van der Waals surface area (Å²) in [6, 6.07) is 0. The zero-order valence-corrected chi connectivity index (χ0v) is 18.9. The molecule has 1 atom stereocenters. The van der Waals surface area contributed by atoms with Crippen LogP contribution in [0.4, 0.5) is 18.0 Å². The van der Waals surface area contributed by atoms with Gasteiger partial charge in [-0.05, 0) is 51.7 Å². The Bertz CT molecular complexity index is 737. The van der Waals surface area contributed by atoms with Gasteiger partial charge in [0.15, 0.2) is 0 Å². The molecule has 3 aliphatic rings. The van der Waals surface area contributed by atoms with Gasteiger partial charge >= 0.3 is 12.3 Å². The third kappa shape index (κ3) is 6.46. The van der Waals surface area contributed by atoms with Crippen LogP contribution in [0.15, 0.2) is 0 Å². The molecule has 3 heterocycles. The minimum atomic E-state index is -4.85. The Hall–Kier alpha value is -1.15. The van der Waals surface area contributed by atoms with Gasteiger partial charge in [-0.3, -0.25) is 0 Å². The number of sulfonamides is 1. The number of hydrogen-bond acceptors (Lipinski definition) is 7. The van der Waals surface area contributed by atoms with E-state index in [1.54, 1.807) is 0 Å². The smallest absolute Gasteiger partial charge is 0.427 e. The highest BCUT2D eigenvalue weighted by Gasteiger charge is 2.46. The Balaban J connectivity index is 1.49. The number of carbonyl (C=O) groups is 1. The predicted molar refractivity (Wildman–Crippen MR) is 109 cm³/mol. The second-order valence-electron chi connectivity index (χ2n) is 8.67. The minimum absolute atomic E-state index is 0.0675. The lowest BCUT2D eigenvalue weighted by Gasteiger charge is -2.46. The number of ether oxygens (including phenoxy) is 2. The first-order valence-corrected chi connectivity index (χ1v) is 12.6. The van der Waals surface area contributed by atoms with Crippen molar-refractivity contribution < 1.29 is 41.0 Å². The zero-order valence-electron chi connectivity index (χ0n) is 18.1. The summed E-state index contributed by atoms with van der Waals surface area (Å²) >= 11 is 0. The summed E-state index contributed by atoms with van der Waals surface area (Å²) in [5.74, 6) is 0.0675. The third-order valence-electron chi connectivity index (χ3n) is 6.39. The Morgan fingerprint density at radius 2 is 1.78 bits per heavy atom. The molecule has 3 aliphatic heterocycles. The fraction of sp³-hybridized carbons (Fsp3) is 0.947. The number of morpholine rings is 1. The molecule has 0 aromatic heterocycles. The Labute approximate surface area is 186 Å². The van der Waals surface area contributed by atoms with E-state index in [2.05, 4.69) is 9.64 Å². The molecule has 0 saturated carbocycles. The largest absolute Gasteiger partial charge is 0.434 e. The normalized spacial score (nSPS) is 24.1. The van der Waals surface area contributed by atoms with Gasteiger partial charge in [0.25, 0.3) is 0 Å². The van der Waals surface area contributed by atoms with Crippen LogP contribution in [0.3, 0.4) is 0 Å². The van der Waals surface area contributed by atoms with Crippen LogP contribution in [0.1, 0.15) is 32.1 Å². The highest BCUT2D eigenvalue weighted by molar-refractivity contribution is 7.89. The molecule has 9 nitrogen and oxygen atoms in total. The SMILES string of the molecule is O=C(O[C@H](CO)C(F)(F)F)N1CCC2(CC1)CN(S(=O)(=O)CCCN1CCCC1)CCO2. The van der Waals surface area contributed by atoms with Crippen LogP contribution in [0.25, 0.3) is 0 Å². The molecule has 0 aromatic rings. The third-order valence-corrected chi connectivity index (χ3v) is 8.29. The van der Waals surface area contributed by atoms with Crippen LogP contribution in [0.5, 0.6) is 0 Å². The van der Waals surface area contributed by atoms with Crippen molar-refractivity contribution in [3.05, 3.63) is 0 Å². The van der Waals surface area contributed by atoms with Gasteiger partial charge in [0.05, 0.1) is 24.6 Å². The number of carbonyl (C=O) groups excluding carboxylic acids is 1. The molecule has 0 radical (unpaired) electrons. The van der Waals surface area contributed by atoms with Crippen molar-refractivity contribution in [2.75, 3.05) is 64.8 Å². The van der Waals surface area contributed by atoms with E-state index in [-0.39, 0.29) is 51.4 Å². The van der Waals surface area contributed by atoms with Crippen LogP contribution in [0, 0.1) is 0 Å². The first-order chi connectivity index (χ1) is 15.0. The molecule has 3 rings (SSSR count). The highest BCUT2D eigenvalue weighted by Crippen LogP contribution is 2.32. The topological polar surface area (TPSA) is 99.6 Å². The second kappa shape index (κ2) is 10.4. The molecule has 186 valence electrons. The van der Waals surface area contributed by atoms with E-state index < -0.39 is 40.6 Å². The molecule has 1 N–H and O–H groups in total. The number of piperidine rings is 1. The van der Waals surface area contributed by atoms with Crippen molar-refractivity contribution in [2.24, 2.45) is 0 Å². The van der Waals surface area contributed by atoms with E-state index in [1.807, 2.05) is 0 Å². The molecule has 1 amide bonds. The quantitative estimate of drug-likeness (QED) is 0.573. The zero-order chi connectivity index (χ0) is 23.4. The molecule has 0 aromatic carbocycles. The maximum Gasteiger partial charge on any atom is 0.427 e. The monoisotopic (exact) mass is 487 g/mol. The van der Waals surface area contributed by atoms with Crippen molar-refractivity contribution in [1.29, 1.82) is 0 Å². The summed E-state index contributed by atoms with van der Waals surface area (Å²) < 4.78 is 75.6. The van der Waals surface area contributed by atoms with Gasteiger partial charge in [-0.25, -0.2) is 13.2 Å². The number of nitrogens with zero attached hydrogens (tertiary/aromatic N) is 3. The van der Waals surface area contributed by atoms with Crippen LogP contribution in [-0.4, -0.2) is 116 Å². The summed E-state index contributed by atoms with van der Waals surface area (Å²) in [7, 11) is -3.45. The molecular weight excluding hydrogens is 455 g/mol. The van der Waals surface area contributed by atoms with Gasteiger partial charge in [-0.15, -0.1) is 0 Å². The van der Waals surface area contributed by atoms with Crippen molar-refractivity contribution in [3.63, 3.8) is 0 Å². The molecule has 3 fully saturated rings. The van der Waals surface area contributed by atoms with E-state index in [1.165, 1.54) is 4.31 Å². The molecule has 32 heavy (non-hydrogen) atoms. The first-order valence-electron chi connectivity index (χ1n) is 11.0. The van der Waals surface area contributed by atoms with Crippen molar-refractivity contribution in [2.45, 2.75) is 50.0 Å². The number of alkyl halides is 3. The number of amides is 1. The minimum Gasteiger partial charge on any atom is -0.434 e. The molecule has 13 heteroatoms. The lowest BCUT2D eigenvalue weighted by molar-refractivity contribution is -0.215. The Kier molecular flexibility index (Phi) is 8.29. The number of aliphatic hydroxyl groups excluding tert-OH is 1. The van der Waals surface area contributed by atoms with E-state index in [0.29, 0.717) is 6.42 Å². The van der Waals surface area contributed by atoms with Crippen LogP contribution < -0.4 is 0 Å². The van der Waals surface area contributed by atoms with Gasteiger partial charge in [0, 0.05) is 26.2 Å². The van der Waals surface area contributed by atoms with Crippen molar-refractivity contribution in [1.82, 2.24) is 14.1 Å². The number of halogens is 3. The molecule has 0 bridgehead atoms. The molecule has 3 saturated heterocycles. The second-order valence-corrected chi connectivity index (χ2v) is 10.8. The number of likely N-dealkylation sites (tertiary alicyclic amines) is 2. The fourth-order valence-electron chi connectivity index (χ4n) is 4.46. The maximum absolute atomic E-state index is 12.8. The van der Waals surface area contributed by atoms with Crippen molar-refractivity contribution >= 4 is 16.1 Å². The van der Waals surface area contributed by atoms with Gasteiger partial charge in [-0.1, -0.05) is 0 Å². The lowest BCUT2D eigenvalue weighted by atomic mass is 9.90. The predicted octanol–water partition coefficient (Wildman–Crippen LogP) is 1.03. The fourth-order valence-corrected chi connectivity index (χ4v) is 5.99.